The first kappa shape index (κ1) is 14.5. The summed E-state index contributed by atoms with van der Waals surface area (Å²) in [7, 11) is -3.34. The second-order valence-electron chi connectivity index (χ2n) is 4.91. The second kappa shape index (κ2) is 7.03. The van der Waals surface area contributed by atoms with Crippen LogP contribution in [0.2, 0.25) is 0 Å². The van der Waals surface area contributed by atoms with Crippen LogP contribution in [0.15, 0.2) is 35.2 Å². The van der Waals surface area contributed by atoms with E-state index in [0.717, 1.165) is 38.9 Å². The Morgan fingerprint density at radius 1 is 1.16 bits per heavy atom. The lowest BCUT2D eigenvalue weighted by Crippen LogP contribution is -2.25. The molecule has 0 radical (unpaired) electrons. The van der Waals surface area contributed by atoms with Crippen LogP contribution in [0.4, 0.5) is 0 Å². The maximum atomic E-state index is 12.0. The Morgan fingerprint density at radius 3 is 2.53 bits per heavy atom. The molecule has 19 heavy (non-hydrogen) atoms. The molecule has 0 unspecified atom stereocenters. The largest absolute Gasteiger partial charge is 0.381 e. The lowest BCUT2D eigenvalue weighted by Gasteiger charge is -2.21. The van der Waals surface area contributed by atoms with Gasteiger partial charge in [0.1, 0.15) is 0 Å². The van der Waals surface area contributed by atoms with Crippen molar-refractivity contribution in [3.05, 3.63) is 30.3 Å². The highest BCUT2D eigenvalue weighted by atomic mass is 32.2. The van der Waals surface area contributed by atoms with E-state index in [9.17, 15) is 8.42 Å². The van der Waals surface area contributed by atoms with E-state index in [0.29, 0.717) is 17.4 Å². The van der Waals surface area contributed by atoms with Crippen molar-refractivity contribution in [2.45, 2.75) is 30.6 Å². The van der Waals surface area contributed by atoms with Crippen molar-refractivity contribution in [1.82, 2.24) is 4.72 Å². The number of hydrogen-bond acceptors (Lipinski definition) is 3. The standard InChI is InChI=1S/C14H21NO3S/c16-19(17,14-6-2-1-3-7-14)15-10-4-5-13-8-11-18-12-9-13/h1-3,6-7,13,15H,4-5,8-12H2. The highest BCUT2D eigenvalue weighted by molar-refractivity contribution is 7.89. The van der Waals surface area contributed by atoms with Crippen molar-refractivity contribution in [3.63, 3.8) is 0 Å². The predicted molar refractivity (Wildman–Crippen MR) is 74.4 cm³/mol. The van der Waals surface area contributed by atoms with Gasteiger partial charge in [-0.2, -0.15) is 0 Å². The van der Waals surface area contributed by atoms with Gasteiger partial charge in [0.2, 0.25) is 10.0 Å². The first-order chi connectivity index (χ1) is 9.18. The van der Waals surface area contributed by atoms with Crippen LogP contribution in [-0.4, -0.2) is 28.2 Å². The molecule has 5 heteroatoms. The predicted octanol–water partition coefficient (Wildman–Crippen LogP) is 2.17. The minimum absolute atomic E-state index is 0.334. The monoisotopic (exact) mass is 283 g/mol. The molecule has 0 amide bonds. The molecule has 4 nitrogen and oxygen atoms in total. The van der Waals surface area contributed by atoms with Crippen LogP contribution in [0, 0.1) is 5.92 Å². The third-order valence-electron chi connectivity index (χ3n) is 3.48. The van der Waals surface area contributed by atoms with Gasteiger partial charge in [-0.05, 0) is 43.7 Å². The molecule has 106 valence electrons. The summed E-state index contributed by atoms with van der Waals surface area (Å²) in [4.78, 5) is 0.334. The molecule has 2 rings (SSSR count). The van der Waals surface area contributed by atoms with E-state index in [2.05, 4.69) is 4.72 Å². The summed E-state index contributed by atoms with van der Waals surface area (Å²) < 4.78 is 31.9. The van der Waals surface area contributed by atoms with Crippen molar-refractivity contribution in [3.8, 4) is 0 Å². The molecule has 1 aromatic carbocycles. The molecule has 0 aromatic heterocycles. The van der Waals surface area contributed by atoms with Gasteiger partial charge in [0.05, 0.1) is 4.90 Å². The zero-order valence-electron chi connectivity index (χ0n) is 11.0. The number of ether oxygens (including phenoxy) is 1. The van der Waals surface area contributed by atoms with Crippen LogP contribution < -0.4 is 4.72 Å². The van der Waals surface area contributed by atoms with E-state index in [4.69, 9.17) is 4.74 Å². The summed E-state index contributed by atoms with van der Waals surface area (Å²) in [6.07, 6.45) is 4.16. The first-order valence-corrected chi connectivity index (χ1v) is 8.29. The van der Waals surface area contributed by atoms with E-state index in [-0.39, 0.29) is 0 Å². The minimum atomic E-state index is -3.34. The van der Waals surface area contributed by atoms with Gasteiger partial charge in [0.25, 0.3) is 0 Å². The van der Waals surface area contributed by atoms with Crippen molar-refractivity contribution in [2.75, 3.05) is 19.8 Å². The van der Waals surface area contributed by atoms with Gasteiger partial charge in [-0.3, -0.25) is 0 Å². The Morgan fingerprint density at radius 2 is 1.84 bits per heavy atom. The molecule has 0 aliphatic carbocycles. The molecule has 1 heterocycles. The normalized spacial score (nSPS) is 17.5. The summed E-state index contributed by atoms with van der Waals surface area (Å²) in [5, 5.41) is 0. The Balaban J connectivity index is 1.73. The number of rotatable bonds is 6. The Kier molecular flexibility index (Phi) is 5.36. The van der Waals surface area contributed by atoms with Crippen LogP contribution in [-0.2, 0) is 14.8 Å². The smallest absolute Gasteiger partial charge is 0.240 e. The van der Waals surface area contributed by atoms with Gasteiger partial charge in [-0.1, -0.05) is 18.2 Å². The highest BCUT2D eigenvalue weighted by Crippen LogP contribution is 2.19. The van der Waals surface area contributed by atoms with Crippen LogP contribution in [0.3, 0.4) is 0 Å². The van der Waals surface area contributed by atoms with E-state index in [1.807, 2.05) is 6.07 Å². The zero-order chi connectivity index (χ0) is 13.6. The summed E-state index contributed by atoms with van der Waals surface area (Å²) in [5.74, 6) is 0.690. The SMILES string of the molecule is O=S(=O)(NCCCC1CCOCC1)c1ccccc1. The van der Waals surface area contributed by atoms with Gasteiger partial charge in [-0.15, -0.1) is 0 Å². The molecular formula is C14H21NO3S. The maximum absolute atomic E-state index is 12.0. The molecule has 1 aliphatic rings. The first-order valence-electron chi connectivity index (χ1n) is 6.81. The second-order valence-corrected chi connectivity index (χ2v) is 6.68. The van der Waals surface area contributed by atoms with Gasteiger partial charge >= 0.3 is 0 Å². The fraction of sp³-hybridized carbons (Fsp3) is 0.571. The molecule has 1 aromatic rings. The summed E-state index contributed by atoms with van der Waals surface area (Å²) in [6.45, 7) is 2.20. The van der Waals surface area contributed by atoms with E-state index in [1.165, 1.54) is 0 Å². The van der Waals surface area contributed by atoms with Crippen molar-refractivity contribution < 1.29 is 13.2 Å². The molecule has 0 bridgehead atoms. The average Bonchev–Trinajstić information content (AvgIpc) is 2.46. The molecule has 1 N–H and O–H groups in total. The van der Waals surface area contributed by atoms with Crippen LogP contribution >= 0.6 is 0 Å². The molecular weight excluding hydrogens is 262 g/mol. The quantitative estimate of drug-likeness (QED) is 0.814. The van der Waals surface area contributed by atoms with Crippen molar-refractivity contribution in [2.24, 2.45) is 5.92 Å². The highest BCUT2D eigenvalue weighted by Gasteiger charge is 2.15. The third kappa shape index (κ3) is 4.60. The van der Waals surface area contributed by atoms with Crippen LogP contribution in [0.25, 0.3) is 0 Å². The molecule has 0 atom stereocenters. The number of sulfonamides is 1. The minimum Gasteiger partial charge on any atom is -0.381 e. The Labute approximate surface area is 115 Å². The fourth-order valence-corrected chi connectivity index (χ4v) is 3.41. The molecule has 1 saturated heterocycles. The topological polar surface area (TPSA) is 55.4 Å². The Hall–Kier alpha value is -0.910. The van der Waals surface area contributed by atoms with Crippen molar-refractivity contribution >= 4 is 10.0 Å². The van der Waals surface area contributed by atoms with Crippen molar-refractivity contribution in [1.29, 1.82) is 0 Å². The lowest BCUT2D eigenvalue weighted by molar-refractivity contribution is 0.0634. The maximum Gasteiger partial charge on any atom is 0.240 e. The number of benzene rings is 1. The molecule has 0 saturated carbocycles. The van der Waals surface area contributed by atoms with E-state index >= 15 is 0 Å². The summed E-state index contributed by atoms with van der Waals surface area (Å²) in [5.41, 5.74) is 0. The van der Waals surface area contributed by atoms with Gasteiger partial charge in [0.15, 0.2) is 0 Å². The zero-order valence-corrected chi connectivity index (χ0v) is 11.9. The number of nitrogens with one attached hydrogen (secondary N) is 1. The summed E-state index contributed by atoms with van der Waals surface area (Å²) in [6, 6.07) is 8.50. The fourth-order valence-electron chi connectivity index (χ4n) is 2.32. The van der Waals surface area contributed by atoms with E-state index in [1.54, 1.807) is 24.3 Å². The van der Waals surface area contributed by atoms with E-state index < -0.39 is 10.0 Å². The Bertz CT molecular complexity index is 467. The van der Waals surface area contributed by atoms with Gasteiger partial charge in [-0.25, -0.2) is 13.1 Å². The lowest BCUT2D eigenvalue weighted by atomic mass is 9.95. The van der Waals surface area contributed by atoms with Crippen LogP contribution in [0.5, 0.6) is 0 Å². The molecule has 1 fully saturated rings. The summed E-state index contributed by atoms with van der Waals surface area (Å²) >= 11 is 0. The van der Waals surface area contributed by atoms with Gasteiger partial charge < -0.3 is 4.74 Å². The molecule has 1 aliphatic heterocycles. The third-order valence-corrected chi connectivity index (χ3v) is 4.95. The van der Waals surface area contributed by atoms with Gasteiger partial charge in [0, 0.05) is 19.8 Å². The number of hydrogen-bond donors (Lipinski definition) is 1. The van der Waals surface area contributed by atoms with Crippen LogP contribution in [0.1, 0.15) is 25.7 Å². The average molecular weight is 283 g/mol. The molecule has 0 spiro atoms.